The van der Waals surface area contributed by atoms with Gasteiger partial charge in [-0.1, -0.05) is 27.7 Å². The lowest BCUT2D eigenvalue weighted by molar-refractivity contribution is 0.889. The first-order valence-electron chi connectivity index (χ1n) is 5.34. The third-order valence-electron chi connectivity index (χ3n) is 1.76. The molecule has 3 heteroatoms. The van der Waals surface area contributed by atoms with E-state index >= 15 is 0 Å². The Morgan fingerprint density at radius 3 is 2.21 bits per heavy atom. The quantitative estimate of drug-likeness (QED) is 0.649. The van der Waals surface area contributed by atoms with E-state index < -0.39 is 0 Å². The highest BCUT2D eigenvalue weighted by atomic mass is 15.2. The fourth-order valence-corrected chi connectivity index (χ4v) is 1.15. The smallest absolute Gasteiger partial charge is 0.104 e. The normalized spacial score (nSPS) is 17.8. The molecule has 0 bridgehead atoms. The summed E-state index contributed by atoms with van der Waals surface area (Å²) in [5, 5.41) is 8.10. The zero-order chi connectivity index (χ0) is 11.1. The van der Waals surface area contributed by atoms with E-state index in [0.717, 1.165) is 23.7 Å². The van der Waals surface area contributed by atoms with E-state index in [-0.39, 0.29) is 0 Å². The number of rotatable bonds is 2. The predicted octanol–water partition coefficient (Wildman–Crippen LogP) is 2.96. The first-order valence-corrected chi connectivity index (χ1v) is 5.34. The predicted molar refractivity (Wildman–Crippen MR) is 64.7 cm³/mol. The highest BCUT2D eigenvalue weighted by molar-refractivity contribution is 6.70. The van der Waals surface area contributed by atoms with E-state index in [0.29, 0.717) is 5.92 Å². The molecular weight excluding hydrogens is 174 g/mol. The summed E-state index contributed by atoms with van der Waals surface area (Å²) in [7, 11) is 0. The summed E-state index contributed by atoms with van der Waals surface area (Å²) in [6.07, 6.45) is 0. The Hall–Kier alpha value is -0.990. The Kier molecular flexibility index (Phi) is 6.00. The van der Waals surface area contributed by atoms with Crippen LogP contribution in [0.1, 0.15) is 41.5 Å². The Bertz CT molecular complexity index is 260. The zero-order valence-electron chi connectivity index (χ0n) is 10.1. The minimum absolute atomic E-state index is 0.413. The molecule has 80 valence electrons. The summed E-state index contributed by atoms with van der Waals surface area (Å²) < 4.78 is 0. The first-order chi connectivity index (χ1) is 6.66. The molecule has 0 fully saturated rings. The third-order valence-corrected chi connectivity index (χ3v) is 1.76. The van der Waals surface area contributed by atoms with Crippen LogP contribution >= 0.6 is 0 Å². The second-order valence-corrected chi connectivity index (χ2v) is 3.15. The molecule has 0 saturated carbocycles. The van der Waals surface area contributed by atoms with Crippen molar-refractivity contribution in [1.29, 1.82) is 0 Å². The maximum absolute atomic E-state index is 4.36. The minimum atomic E-state index is 0.413. The van der Waals surface area contributed by atoms with Crippen LogP contribution in [0.4, 0.5) is 0 Å². The summed E-state index contributed by atoms with van der Waals surface area (Å²) in [4.78, 5) is 4.36. The van der Waals surface area contributed by atoms with E-state index in [1.165, 1.54) is 0 Å². The van der Waals surface area contributed by atoms with Gasteiger partial charge in [-0.3, -0.25) is 4.99 Å². The Morgan fingerprint density at radius 2 is 1.79 bits per heavy atom. The standard InChI is InChI=1S/C9H15N3.C2H6/c1-5-10-9-7(4)11-12-8(9)6(2)3;1-2/h6H,5H2,1-4H3;1-2H3. The summed E-state index contributed by atoms with van der Waals surface area (Å²) in [6, 6.07) is 0. The van der Waals surface area contributed by atoms with Gasteiger partial charge in [-0.25, -0.2) is 0 Å². The van der Waals surface area contributed by atoms with Crippen LogP contribution in [0.2, 0.25) is 0 Å². The molecule has 3 nitrogen and oxygen atoms in total. The molecule has 0 N–H and O–H groups in total. The average Bonchev–Trinajstić information content (AvgIpc) is 2.52. The lowest BCUT2D eigenvalue weighted by atomic mass is 10.0. The van der Waals surface area contributed by atoms with E-state index in [4.69, 9.17) is 0 Å². The average molecular weight is 195 g/mol. The number of aliphatic imine (C=N–C) groups is 1. The molecule has 1 aliphatic rings. The van der Waals surface area contributed by atoms with E-state index in [9.17, 15) is 0 Å². The van der Waals surface area contributed by atoms with Crippen molar-refractivity contribution >= 4 is 17.1 Å². The van der Waals surface area contributed by atoms with Gasteiger partial charge in [0.15, 0.2) is 0 Å². The van der Waals surface area contributed by atoms with E-state index in [1.54, 1.807) is 0 Å². The van der Waals surface area contributed by atoms with Gasteiger partial charge < -0.3 is 0 Å². The molecule has 0 aromatic heterocycles. The van der Waals surface area contributed by atoms with Gasteiger partial charge in [0.25, 0.3) is 0 Å². The molecule has 1 aliphatic heterocycles. The van der Waals surface area contributed by atoms with Gasteiger partial charge in [-0.2, -0.15) is 10.2 Å². The van der Waals surface area contributed by atoms with Crippen molar-refractivity contribution in [3.05, 3.63) is 0 Å². The second-order valence-electron chi connectivity index (χ2n) is 3.15. The third kappa shape index (κ3) is 3.05. The molecule has 0 unspecified atom stereocenters. The molecule has 0 aliphatic carbocycles. The van der Waals surface area contributed by atoms with Crippen molar-refractivity contribution in [2.45, 2.75) is 41.5 Å². The van der Waals surface area contributed by atoms with E-state index in [1.807, 2.05) is 27.7 Å². The van der Waals surface area contributed by atoms with E-state index in [2.05, 4.69) is 29.0 Å². The van der Waals surface area contributed by atoms with Crippen molar-refractivity contribution in [2.75, 3.05) is 6.54 Å². The fourth-order valence-electron chi connectivity index (χ4n) is 1.15. The Labute approximate surface area is 87.0 Å². The summed E-state index contributed by atoms with van der Waals surface area (Å²) >= 11 is 0. The van der Waals surface area contributed by atoms with Gasteiger partial charge in [0.1, 0.15) is 5.71 Å². The minimum Gasteiger partial charge on any atom is -0.282 e. The molecule has 0 aromatic rings. The molecule has 0 spiro atoms. The molecule has 1 rings (SSSR count). The van der Waals surface area contributed by atoms with Gasteiger partial charge in [0.05, 0.1) is 11.4 Å². The molecular formula is C11H21N3. The van der Waals surface area contributed by atoms with Gasteiger partial charge in [-0.05, 0) is 19.8 Å². The number of nitrogens with zero attached hydrogens (tertiary/aromatic N) is 3. The van der Waals surface area contributed by atoms with Crippen LogP contribution in [-0.2, 0) is 0 Å². The molecule has 0 atom stereocenters. The van der Waals surface area contributed by atoms with Crippen molar-refractivity contribution in [3.63, 3.8) is 0 Å². The van der Waals surface area contributed by atoms with Crippen LogP contribution in [0.25, 0.3) is 0 Å². The van der Waals surface area contributed by atoms with Gasteiger partial charge in [0, 0.05) is 6.54 Å². The molecule has 0 amide bonds. The number of hydrogen-bond acceptors (Lipinski definition) is 3. The van der Waals surface area contributed by atoms with Crippen LogP contribution in [0.5, 0.6) is 0 Å². The van der Waals surface area contributed by atoms with Crippen molar-refractivity contribution in [2.24, 2.45) is 21.1 Å². The Morgan fingerprint density at radius 1 is 1.21 bits per heavy atom. The molecule has 14 heavy (non-hydrogen) atoms. The van der Waals surface area contributed by atoms with Crippen LogP contribution in [-0.4, -0.2) is 23.7 Å². The first kappa shape index (κ1) is 13.0. The fraction of sp³-hybridized carbons (Fsp3) is 0.727. The molecule has 1 heterocycles. The van der Waals surface area contributed by atoms with Gasteiger partial charge in [-0.15, -0.1) is 0 Å². The SMILES string of the molecule is CC.CCN=C1C(C)=NN=C1C(C)C. The summed E-state index contributed by atoms with van der Waals surface area (Å²) in [5.41, 5.74) is 2.96. The van der Waals surface area contributed by atoms with Crippen LogP contribution in [0.3, 0.4) is 0 Å². The summed E-state index contributed by atoms with van der Waals surface area (Å²) in [5.74, 6) is 0.413. The van der Waals surface area contributed by atoms with Crippen LogP contribution in [0, 0.1) is 5.92 Å². The number of hydrogen-bond donors (Lipinski definition) is 0. The van der Waals surface area contributed by atoms with Crippen molar-refractivity contribution in [3.8, 4) is 0 Å². The lowest BCUT2D eigenvalue weighted by Gasteiger charge is -2.04. The molecule has 0 saturated heterocycles. The van der Waals surface area contributed by atoms with Crippen molar-refractivity contribution in [1.82, 2.24) is 0 Å². The molecule has 0 aromatic carbocycles. The maximum atomic E-state index is 4.36. The topological polar surface area (TPSA) is 37.1 Å². The Balaban J connectivity index is 0.000000791. The lowest BCUT2D eigenvalue weighted by Crippen LogP contribution is -2.22. The van der Waals surface area contributed by atoms with Crippen molar-refractivity contribution < 1.29 is 0 Å². The van der Waals surface area contributed by atoms with Crippen LogP contribution < -0.4 is 0 Å². The van der Waals surface area contributed by atoms with Gasteiger partial charge >= 0.3 is 0 Å². The monoisotopic (exact) mass is 195 g/mol. The summed E-state index contributed by atoms with van der Waals surface area (Å²) in [6.45, 7) is 13.0. The molecule has 0 radical (unpaired) electrons. The maximum Gasteiger partial charge on any atom is 0.104 e. The largest absolute Gasteiger partial charge is 0.282 e. The highest BCUT2D eigenvalue weighted by Gasteiger charge is 2.20. The second kappa shape index (κ2) is 6.46. The zero-order valence-corrected chi connectivity index (χ0v) is 10.1. The van der Waals surface area contributed by atoms with Crippen LogP contribution in [0.15, 0.2) is 15.2 Å². The highest BCUT2D eigenvalue weighted by Crippen LogP contribution is 2.08. The van der Waals surface area contributed by atoms with Gasteiger partial charge in [0.2, 0.25) is 0 Å².